The fourth-order valence-electron chi connectivity index (χ4n) is 0.768. The number of ether oxygens (including phenoxy) is 1. The molecule has 2 unspecified atom stereocenters. The van der Waals surface area contributed by atoms with Crippen LogP contribution in [0.15, 0.2) is 0 Å². The van der Waals surface area contributed by atoms with Crippen LogP contribution in [-0.2, 0) is 18.9 Å². The Kier molecular flexibility index (Phi) is 6.21. The Morgan fingerprint density at radius 3 is 2.60 bits per heavy atom. The lowest BCUT2D eigenvalue weighted by molar-refractivity contribution is -0.139. The SMILES string of the molecule is COC(=O)NC(CC[P+](=O)C=O)C(=O)O. The van der Waals surface area contributed by atoms with Crippen LogP contribution in [0.2, 0.25) is 0 Å². The number of hydrogen-bond acceptors (Lipinski definition) is 5. The van der Waals surface area contributed by atoms with Gasteiger partial charge in [0.1, 0.15) is 6.04 Å². The second kappa shape index (κ2) is 6.89. The van der Waals surface area contributed by atoms with Crippen LogP contribution in [0.3, 0.4) is 0 Å². The van der Waals surface area contributed by atoms with E-state index in [-0.39, 0.29) is 18.6 Å². The van der Waals surface area contributed by atoms with Crippen LogP contribution in [0.4, 0.5) is 4.79 Å². The smallest absolute Gasteiger partial charge is 0.411 e. The van der Waals surface area contributed by atoms with Crippen LogP contribution < -0.4 is 5.32 Å². The van der Waals surface area contributed by atoms with E-state index in [0.29, 0.717) is 0 Å². The Bertz CT molecular complexity index is 279. The Morgan fingerprint density at radius 1 is 1.60 bits per heavy atom. The fraction of sp³-hybridized carbons (Fsp3) is 0.571. The highest BCUT2D eigenvalue weighted by atomic mass is 31.1. The standard InChI is InChI=1S/C7H10NO6P/c1-14-7(12)8-5(6(10)11)2-3-15(13)4-9/h4-5H,2-3H2,1H3,(H-,8,10,11,12)/p+1. The lowest BCUT2D eigenvalue weighted by Gasteiger charge is -2.10. The van der Waals surface area contributed by atoms with Crippen molar-refractivity contribution in [3.05, 3.63) is 0 Å². The third kappa shape index (κ3) is 5.74. The highest BCUT2D eigenvalue weighted by molar-refractivity contribution is 7.60. The lowest BCUT2D eigenvalue weighted by atomic mass is 10.2. The van der Waals surface area contributed by atoms with Gasteiger partial charge in [0.15, 0.2) is 6.16 Å². The third-order valence-electron chi connectivity index (χ3n) is 1.53. The van der Waals surface area contributed by atoms with Crippen molar-refractivity contribution < 1.29 is 28.8 Å². The maximum absolute atomic E-state index is 10.7. The van der Waals surface area contributed by atoms with E-state index in [1.165, 1.54) is 0 Å². The summed E-state index contributed by atoms with van der Waals surface area (Å²) in [5, 5.41) is 10.7. The number of rotatable bonds is 6. The van der Waals surface area contributed by atoms with E-state index in [9.17, 15) is 18.9 Å². The van der Waals surface area contributed by atoms with Crippen molar-refractivity contribution in [1.82, 2.24) is 5.32 Å². The quantitative estimate of drug-likeness (QED) is 0.503. The maximum Gasteiger partial charge on any atom is 0.411 e. The predicted octanol–water partition coefficient (Wildman–Crippen LogP) is 0.203. The molecule has 2 atom stereocenters. The molecule has 0 heterocycles. The van der Waals surface area contributed by atoms with Crippen molar-refractivity contribution in [3.8, 4) is 0 Å². The molecule has 0 saturated heterocycles. The molecule has 0 aromatic heterocycles. The zero-order valence-corrected chi connectivity index (χ0v) is 8.90. The van der Waals surface area contributed by atoms with Gasteiger partial charge in [0.25, 0.3) is 0 Å². The van der Waals surface area contributed by atoms with Crippen molar-refractivity contribution in [2.75, 3.05) is 13.3 Å². The van der Waals surface area contributed by atoms with Crippen LogP contribution in [0.25, 0.3) is 0 Å². The van der Waals surface area contributed by atoms with Crippen molar-refractivity contribution in [2.24, 2.45) is 0 Å². The number of carboxylic acid groups (broad SMARTS) is 1. The molecule has 7 nitrogen and oxygen atoms in total. The number of carbonyl (C=O) groups excluding carboxylic acids is 2. The van der Waals surface area contributed by atoms with Gasteiger partial charge in [-0.1, -0.05) is 4.57 Å². The lowest BCUT2D eigenvalue weighted by Crippen LogP contribution is -2.41. The van der Waals surface area contributed by atoms with Crippen molar-refractivity contribution >= 4 is 25.9 Å². The minimum Gasteiger partial charge on any atom is -0.480 e. The minimum absolute atomic E-state index is 0.0835. The third-order valence-corrected chi connectivity index (χ3v) is 2.47. The molecular formula is C7H11NO6P+. The van der Waals surface area contributed by atoms with Gasteiger partial charge in [0.2, 0.25) is 0 Å². The number of alkyl carbamates (subject to hydrolysis) is 1. The number of carboxylic acids is 1. The summed E-state index contributed by atoms with van der Waals surface area (Å²) in [5.74, 6) is -1.27. The highest BCUT2D eigenvalue weighted by Gasteiger charge is 2.24. The van der Waals surface area contributed by atoms with E-state index in [0.717, 1.165) is 7.11 Å². The molecule has 0 fully saturated rings. The molecule has 0 aliphatic rings. The Morgan fingerprint density at radius 2 is 2.20 bits per heavy atom. The summed E-state index contributed by atoms with van der Waals surface area (Å²) in [6.07, 6.45) is -1.05. The molecule has 0 saturated carbocycles. The zero-order chi connectivity index (χ0) is 11.8. The van der Waals surface area contributed by atoms with Gasteiger partial charge in [-0.15, -0.1) is 0 Å². The molecule has 0 spiro atoms. The van der Waals surface area contributed by atoms with Gasteiger partial charge in [0.05, 0.1) is 7.11 Å². The van der Waals surface area contributed by atoms with Gasteiger partial charge in [-0.25, -0.2) is 14.4 Å². The summed E-state index contributed by atoms with van der Waals surface area (Å²) in [4.78, 5) is 31.3. The number of amides is 1. The Balaban J connectivity index is 4.16. The summed E-state index contributed by atoms with van der Waals surface area (Å²) in [7, 11) is -0.954. The Labute approximate surface area is 86.6 Å². The number of nitrogens with one attached hydrogen (secondary N) is 1. The fourth-order valence-corrected chi connectivity index (χ4v) is 1.39. The zero-order valence-electron chi connectivity index (χ0n) is 8.00. The molecule has 0 aromatic carbocycles. The molecular weight excluding hydrogens is 225 g/mol. The van der Waals surface area contributed by atoms with E-state index in [1.807, 2.05) is 5.32 Å². The van der Waals surface area contributed by atoms with Crippen LogP contribution in [0.1, 0.15) is 6.42 Å². The second-order valence-corrected chi connectivity index (χ2v) is 4.05. The molecule has 0 rings (SSSR count). The number of aliphatic carboxylic acids is 1. The molecule has 8 heteroatoms. The molecule has 84 valence electrons. The number of carbonyl (C=O) groups is 3. The molecule has 0 bridgehead atoms. The molecule has 1 amide bonds. The van der Waals surface area contributed by atoms with Gasteiger partial charge < -0.3 is 15.2 Å². The average Bonchev–Trinajstić information content (AvgIpc) is 2.22. The average molecular weight is 236 g/mol. The normalized spacial score (nSPS) is 12.5. The number of hydrogen-bond donors (Lipinski definition) is 2. The predicted molar refractivity (Wildman–Crippen MR) is 50.8 cm³/mol. The van der Waals surface area contributed by atoms with Crippen molar-refractivity contribution in [3.63, 3.8) is 0 Å². The van der Waals surface area contributed by atoms with Crippen molar-refractivity contribution in [2.45, 2.75) is 12.5 Å². The molecule has 0 aliphatic heterocycles. The summed E-state index contributed by atoms with van der Waals surface area (Å²) >= 11 is 0. The van der Waals surface area contributed by atoms with E-state index < -0.39 is 25.9 Å². The summed E-state index contributed by atoms with van der Waals surface area (Å²) < 4.78 is 14.9. The molecule has 0 radical (unpaired) electrons. The van der Waals surface area contributed by atoms with Crippen molar-refractivity contribution in [1.29, 1.82) is 0 Å². The van der Waals surface area contributed by atoms with Crippen LogP contribution >= 0.6 is 7.80 Å². The Hall–Kier alpha value is -1.49. The van der Waals surface area contributed by atoms with Crippen LogP contribution in [0.5, 0.6) is 0 Å². The largest absolute Gasteiger partial charge is 0.480 e. The first-order valence-electron chi connectivity index (χ1n) is 3.97. The van der Waals surface area contributed by atoms with Gasteiger partial charge in [-0.2, -0.15) is 0 Å². The first-order valence-corrected chi connectivity index (χ1v) is 5.49. The molecule has 0 aromatic rings. The van der Waals surface area contributed by atoms with Gasteiger partial charge in [-0.05, 0) is 0 Å². The summed E-state index contributed by atoms with van der Waals surface area (Å²) in [6, 6.07) is -0.941. The van der Waals surface area contributed by atoms with Gasteiger partial charge in [0, 0.05) is 6.42 Å². The summed E-state index contributed by atoms with van der Waals surface area (Å²) in [6.45, 7) is 0. The highest BCUT2D eigenvalue weighted by Crippen LogP contribution is 2.17. The maximum atomic E-state index is 10.7. The first kappa shape index (κ1) is 13.5. The van der Waals surface area contributed by atoms with E-state index in [2.05, 4.69) is 4.74 Å². The van der Waals surface area contributed by atoms with Crippen LogP contribution in [0, 0.1) is 0 Å². The summed E-state index contributed by atoms with van der Waals surface area (Å²) in [5.41, 5.74) is 0. The van der Waals surface area contributed by atoms with E-state index in [1.54, 1.807) is 0 Å². The van der Waals surface area contributed by atoms with Gasteiger partial charge >= 0.3 is 25.9 Å². The minimum atomic E-state index is -2.05. The monoisotopic (exact) mass is 236 g/mol. The molecule has 15 heavy (non-hydrogen) atoms. The van der Waals surface area contributed by atoms with Gasteiger partial charge in [-0.3, -0.25) is 0 Å². The van der Waals surface area contributed by atoms with Crippen LogP contribution in [-0.4, -0.2) is 42.5 Å². The topological polar surface area (TPSA) is 110 Å². The molecule has 0 aliphatic carbocycles. The number of methoxy groups -OCH3 is 1. The molecule has 2 N–H and O–H groups in total. The van der Waals surface area contributed by atoms with E-state index >= 15 is 0 Å². The first-order chi connectivity index (χ1) is 7.01. The second-order valence-electron chi connectivity index (χ2n) is 2.56. The van der Waals surface area contributed by atoms with E-state index in [4.69, 9.17) is 5.11 Å².